The van der Waals surface area contributed by atoms with Crippen molar-refractivity contribution in [2.75, 3.05) is 33.4 Å². The molecule has 1 rings (SSSR count). The van der Waals surface area contributed by atoms with Gasteiger partial charge in [-0.15, -0.1) is 0 Å². The van der Waals surface area contributed by atoms with E-state index in [0.29, 0.717) is 32.6 Å². The zero-order valence-electron chi connectivity index (χ0n) is 11.2. The number of nitrogens with one attached hydrogen (secondary N) is 1. The zero-order chi connectivity index (χ0) is 13.6. The normalized spacial score (nSPS) is 18.2. The smallest absolute Gasteiger partial charge is 0.243 e. The fraction of sp³-hybridized carbons (Fsp3) is 0.833. The average Bonchev–Trinajstić information content (AvgIpc) is 2.36. The molecule has 2 amide bonds. The highest BCUT2D eigenvalue weighted by atomic mass is 16.5. The number of hydrogen-bond acceptors (Lipinski definition) is 4. The number of carbonyl (C=O) groups is 2. The van der Waals surface area contributed by atoms with Gasteiger partial charge in [0.15, 0.2) is 0 Å². The van der Waals surface area contributed by atoms with Crippen LogP contribution in [-0.2, 0) is 14.3 Å². The lowest BCUT2D eigenvalue weighted by Gasteiger charge is -2.35. The highest BCUT2D eigenvalue weighted by molar-refractivity contribution is 5.90. The number of hydrogen-bond donors (Lipinski definition) is 2. The Balaban J connectivity index is 2.47. The Labute approximate surface area is 108 Å². The Morgan fingerprint density at radius 1 is 1.39 bits per heavy atom. The Hall–Kier alpha value is -1.14. The molecule has 0 aromatic carbocycles. The maximum Gasteiger partial charge on any atom is 0.243 e. The number of nitrogens with zero attached hydrogens (tertiary/aromatic N) is 1. The van der Waals surface area contributed by atoms with Crippen molar-refractivity contribution in [3.63, 3.8) is 0 Å². The molecule has 0 aromatic rings. The molecule has 6 nitrogen and oxygen atoms in total. The summed E-state index contributed by atoms with van der Waals surface area (Å²) in [6.07, 6.45) is 1.89. The van der Waals surface area contributed by atoms with Gasteiger partial charge in [-0.3, -0.25) is 9.59 Å². The van der Waals surface area contributed by atoms with Crippen molar-refractivity contribution >= 4 is 11.8 Å². The van der Waals surface area contributed by atoms with E-state index >= 15 is 0 Å². The van der Waals surface area contributed by atoms with Crippen LogP contribution in [0.2, 0.25) is 0 Å². The molecule has 1 saturated heterocycles. The quantitative estimate of drug-likeness (QED) is 0.694. The average molecular weight is 257 g/mol. The highest BCUT2D eigenvalue weighted by Gasteiger charge is 2.38. The Morgan fingerprint density at radius 3 is 2.56 bits per heavy atom. The monoisotopic (exact) mass is 257 g/mol. The predicted molar refractivity (Wildman–Crippen MR) is 67.9 cm³/mol. The first-order valence-corrected chi connectivity index (χ1v) is 6.38. The summed E-state index contributed by atoms with van der Waals surface area (Å²) in [7, 11) is 1.61. The number of carbonyl (C=O) groups excluding carboxylic acids is 2. The standard InChI is InChI=1S/C12H23N3O3/c1-3-6-14-10(16)9-15(2)11(17)12(13)4-7-18-8-5-12/h3-9,13H2,1-2H3,(H,14,16). The summed E-state index contributed by atoms with van der Waals surface area (Å²) >= 11 is 0. The van der Waals surface area contributed by atoms with E-state index in [-0.39, 0.29) is 18.4 Å². The lowest BCUT2D eigenvalue weighted by Crippen LogP contribution is -2.58. The van der Waals surface area contributed by atoms with Gasteiger partial charge >= 0.3 is 0 Å². The number of nitrogens with two attached hydrogens (primary N) is 1. The molecule has 0 saturated carbocycles. The van der Waals surface area contributed by atoms with E-state index in [2.05, 4.69) is 5.32 Å². The van der Waals surface area contributed by atoms with Gasteiger partial charge in [0.05, 0.1) is 12.1 Å². The summed E-state index contributed by atoms with van der Waals surface area (Å²) in [6.45, 7) is 3.66. The molecule has 3 N–H and O–H groups in total. The second-order valence-corrected chi connectivity index (χ2v) is 4.78. The van der Waals surface area contributed by atoms with Gasteiger partial charge in [0.2, 0.25) is 11.8 Å². The van der Waals surface area contributed by atoms with Crippen LogP contribution in [0.3, 0.4) is 0 Å². The van der Waals surface area contributed by atoms with Crippen molar-refractivity contribution in [2.24, 2.45) is 5.73 Å². The van der Waals surface area contributed by atoms with Crippen LogP contribution in [0.5, 0.6) is 0 Å². The van der Waals surface area contributed by atoms with E-state index in [4.69, 9.17) is 10.5 Å². The van der Waals surface area contributed by atoms with Gasteiger partial charge in [-0.1, -0.05) is 6.92 Å². The summed E-state index contributed by atoms with van der Waals surface area (Å²) in [5.74, 6) is -0.333. The van der Waals surface area contributed by atoms with E-state index < -0.39 is 5.54 Å². The number of ether oxygens (including phenoxy) is 1. The molecule has 0 spiro atoms. The Morgan fingerprint density at radius 2 is 2.00 bits per heavy atom. The SMILES string of the molecule is CCCNC(=O)CN(C)C(=O)C1(N)CCOCC1. The Kier molecular flexibility index (Phi) is 5.55. The van der Waals surface area contributed by atoms with Gasteiger partial charge in [-0.05, 0) is 19.3 Å². The fourth-order valence-electron chi connectivity index (χ4n) is 1.94. The van der Waals surface area contributed by atoms with Crippen LogP contribution in [0, 0.1) is 0 Å². The van der Waals surface area contributed by atoms with E-state index in [9.17, 15) is 9.59 Å². The highest BCUT2D eigenvalue weighted by Crippen LogP contribution is 2.19. The minimum absolute atomic E-state index is 0.0542. The zero-order valence-corrected chi connectivity index (χ0v) is 11.2. The maximum absolute atomic E-state index is 12.2. The third kappa shape index (κ3) is 3.96. The predicted octanol–water partition coefficient (Wildman–Crippen LogP) is -0.521. The molecule has 0 bridgehead atoms. The molecule has 0 unspecified atom stereocenters. The van der Waals surface area contributed by atoms with Crippen molar-refractivity contribution in [2.45, 2.75) is 31.7 Å². The maximum atomic E-state index is 12.2. The van der Waals surface area contributed by atoms with E-state index in [0.717, 1.165) is 6.42 Å². The first-order chi connectivity index (χ1) is 8.49. The van der Waals surface area contributed by atoms with Crippen LogP contribution < -0.4 is 11.1 Å². The molecule has 0 atom stereocenters. The van der Waals surface area contributed by atoms with Gasteiger partial charge in [0.1, 0.15) is 0 Å². The van der Waals surface area contributed by atoms with E-state index in [1.54, 1.807) is 7.05 Å². The molecule has 0 aromatic heterocycles. The third-order valence-electron chi connectivity index (χ3n) is 3.11. The second-order valence-electron chi connectivity index (χ2n) is 4.78. The second kappa shape index (κ2) is 6.70. The molecular weight excluding hydrogens is 234 g/mol. The van der Waals surface area contributed by atoms with Crippen LogP contribution in [0.1, 0.15) is 26.2 Å². The lowest BCUT2D eigenvalue weighted by atomic mass is 9.90. The van der Waals surface area contributed by atoms with Crippen molar-refractivity contribution in [1.29, 1.82) is 0 Å². The summed E-state index contributed by atoms with van der Waals surface area (Å²) in [5, 5.41) is 2.74. The van der Waals surface area contributed by atoms with Gasteiger partial charge < -0.3 is 20.7 Å². The molecule has 18 heavy (non-hydrogen) atoms. The van der Waals surface area contributed by atoms with Gasteiger partial charge in [-0.25, -0.2) is 0 Å². The summed E-state index contributed by atoms with van der Waals surface area (Å²) < 4.78 is 5.20. The van der Waals surface area contributed by atoms with Crippen molar-refractivity contribution in [3.05, 3.63) is 0 Å². The first kappa shape index (κ1) is 14.9. The van der Waals surface area contributed by atoms with Gasteiger partial charge in [-0.2, -0.15) is 0 Å². The van der Waals surface area contributed by atoms with Gasteiger partial charge in [0.25, 0.3) is 0 Å². The van der Waals surface area contributed by atoms with Crippen LogP contribution >= 0.6 is 0 Å². The van der Waals surface area contributed by atoms with Crippen LogP contribution in [0.4, 0.5) is 0 Å². The summed E-state index contributed by atoms with van der Waals surface area (Å²) in [6, 6.07) is 0. The van der Waals surface area contributed by atoms with Crippen molar-refractivity contribution in [1.82, 2.24) is 10.2 Å². The van der Waals surface area contributed by atoms with E-state index in [1.165, 1.54) is 4.90 Å². The minimum atomic E-state index is -0.877. The number of likely N-dealkylation sites (N-methyl/N-ethyl adjacent to an activating group) is 1. The molecule has 1 aliphatic heterocycles. The van der Waals surface area contributed by atoms with Crippen LogP contribution in [0.15, 0.2) is 0 Å². The van der Waals surface area contributed by atoms with E-state index in [1.807, 2.05) is 6.92 Å². The third-order valence-corrected chi connectivity index (χ3v) is 3.11. The molecule has 104 valence electrons. The molecule has 0 radical (unpaired) electrons. The topological polar surface area (TPSA) is 84.7 Å². The molecule has 1 aliphatic rings. The van der Waals surface area contributed by atoms with Crippen LogP contribution in [0.25, 0.3) is 0 Å². The largest absolute Gasteiger partial charge is 0.381 e. The van der Waals surface area contributed by atoms with Crippen molar-refractivity contribution in [3.8, 4) is 0 Å². The molecule has 1 heterocycles. The number of rotatable bonds is 5. The first-order valence-electron chi connectivity index (χ1n) is 6.38. The molecule has 1 fully saturated rings. The summed E-state index contributed by atoms with van der Waals surface area (Å²) in [5.41, 5.74) is 5.20. The lowest BCUT2D eigenvalue weighted by molar-refractivity contribution is -0.142. The molecule has 0 aliphatic carbocycles. The van der Waals surface area contributed by atoms with Gasteiger partial charge in [0, 0.05) is 26.8 Å². The van der Waals surface area contributed by atoms with Crippen molar-refractivity contribution < 1.29 is 14.3 Å². The Bertz CT molecular complexity index is 301. The number of amides is 2. The molecular formula is C12H23N3O3. The molecule has 6 heteroatoms. The summed E-state index contributed by atoms with van der Waals surface area (Å²) in [4.78, 5) is 25.1. The fourth-order valence-corrected chi connectivity index (χ4v) is 1.94. The minimum Gasteiger partial charge on any atom is -0.381 e. The van der Waals surface area contributed by atoms with Crippen LogP contribution in [-0.4, -0.2) is 55.6 Å².